The van der Waals surface area contributed by atoms with E-state index in [-0.39, 0.29) is 23.9 Å². The van der Waals surface area contributed by atoms with E-state index < -0.39 is 28.5 Å². The Balaban J connectivity index is 2.44. The molecule has 0 unspecified atom stereocenters. The number of unbranched alkanes of at least 4 members (excludes halogenated alkanes) is 1. The van der Waals surface area contributed by atoms with E-state index in [1.54, 1.807) is 50.4 Å². The lowest BCUT2D eigenvalue weighted by Gasteiger charge is -2.32. The van der Waals surface area contributed by atoms with Crippen LogP contribution in [0, 0.1) is 0 Å². The zero-order chi connectivity index (χ0) is 27.6. The molecule has 0 aliphatic rings. The molecule has 0 radical (unpaired) electrons. The number of sulfonamides is 1. The third-order valence-electron chi connectivity index (χ3n) is 5.84. The van der Waals surface area contributed by atoms with Crippen LogP contribution in [0.2, 0.25) is 0 Å². The Morgan fingerprint density at radius 1 is 0.973 bits per heavy atom. The molecule has 2 aromatic rings. The number of carbonyl (C=O) groups excluding carboxylic acids is 2. The molecule has 0 heterocycles. The summed E-state index contributed by atoms with van der Waals surface area (Å²) in [6.07, 6.45) is 2.73. The van der Waals surface area contributed by atoms with Crippen molar-refractivity contribution in [3.63, 3.8) is 0 Å². The fourth-order valence-electron chi connectivity index (χ4n) is 3.63. The molecule has 0 aliphatic carbocycles. The monoisotopic (exact) mass is 535 g/mol. The number of nitrogens with one attached hydrogen (secondary N) is 1. The lowest BCUT2D eigenvalue weighted by atomic mass is 10.1. The van der Waals surface area contributed by atoms with Gasteiger partial charge in [-0.2, -0.15) is 0 Å². The quantitative estimate of drug-likeness (QED) is 0.370. The van der Waals surface area contributed by atoms with Crippen LogP contribution in [0.15, 0.2) is 42.5 Å². The van der Waals surface area contributed by atoms with Crippen molar-refractivity contribution in [1.82, 2.24) is 10.2 Å². The third kappa shape index (κ3) is 8.28. The Morgan fingerprint density at radius 3 is 2.14 bits per heavy atom. The summed E-state index contributed by atoms with van der Waals surface area (Å²) in [6, 6.07) is 10.9. The maximum atomic E-state index is 13.7. The van der Waals surface area contributed by atoms with Gasteiger partial charge in [0.1, 0.15) is 29.8 Å². The zero-order valence-corrected chi connectivity index (χ0v) is 23.1. The summed E-state index contributed by atoms with van der Waals surface area (Å²) in [7, 11) is 0.504. The van der Waals surface area contributed by atoms with Crippen LogP contribution < -0.4 is 23.8 Å². The Labute approximate surface area is 219 Å². The Morgan fingerprint density at radius 2 is 1.59 bits per heavy atom. The molecular formula is C26H37N3O7S. The number of amides is 2. The minimum Gasteiger partial charge on any atom is -0.497 e. The van der Waals surface area contributed by atoms with Crippen molar-refractivity contribution in [3.05, 3.63) is 48.0 Å². The van der Waals surface area contributed by atoms with Gasteiger partial charge in [0.15, 0.2) is 0 Å². The molecule has 204 valence electrons. The van der Waals surface area contributed by atoms with E-state index >= 15 is 0 Å². The predicted molar refractivity (Wildman–Crippen MR) is 143 cm³/mol. The van der Waals surface area contributed by atoms with Crippen molar-refractivity contribution < 1.29 is 32.2 Å². The summed E-state index contributed by atoms with van der Waals surface area (Å²) in [5, 5.41) is 2.85. The molecule has 0 aliphatic heterocycles. The molecule has 37 heavy (non-hydrogen) atoms. The minimum atomic E-state index is -3.92. The van der Waals surface area contributed by atoms with Crippen LogP contribution in [0.4, 0.5) is 5.69 Å². The molecule has 0 saturated heterocycles. The van der Waals surface area contributed by atoms with E-state index in [2.05, 4.69) is 5.32 Å². The van der Waals surface area contributed by atoms with E-state index in [1.807, 2.05) is 6.92 Å². The number of carbonyl (C=O) groups is 2. The number of hydrogen-bond acceptors (Lipinski definition) is 7. The summed E-state index contributed by atoms with van der Waals surface area (Å²) in [5.74, 6) is 0.437. The van der Waals surface area contributed by atoms with Gasteiger partial charge < -0.3 is 24.4 Å². The van der Waals surface area contributed by atoms with Gasteiger partial charge in [0.05, 0.1) is 33.3 Å². The average Bonchev–Trinajstić information content (AvgIpc) is 2.89. The smallest absolute Gasteiger partial charge is 0.244 e. The molecular weight excluding hydrogens is 498 g/mol. The predicted octanol–water partition coefficient (Wildman–Crippen LogP) is 2.81. The number of benzene rings is 2. The Hall–Kier alpha value is -3.47. The average molecular weight is 536 g/mol. The first-order valence-electron chi connectivity index (χ1n) is 12.0. The number of nitrogens with zero attached hydrogens (tertiary/aromatic N) is 2. The fraction of sp³-hybridized carbons (Fsp3) is 0.462. The van der Waals surface area contributed by atoms with Crippen molar-refractivity contribution in [2.24, 2.45) is 0 Å². The van der Waals surface area contributed by atoms with Gasteiger partial charge in [-0.15, -0.1) is 0 Å². The Kier molecular flexibility index (Phi) is 11.0. The molecule has 0 bridgehead atoms. The summed E-state index contributed by atoms with van der Waals surface area (Å²) >= 11 is 0. The number of ether oxygens (including phenoxy) is 3. The molecule has 0 fully saturated rings. The SMILES string of the molecule is CCCCNC(=O)[C@H](C)N(Cc1ccc(OC)cc1)C(=O)CN(c1cc(OC)ccc1OC)S(C)(=O)=O. The van der Waals surface area contributed by atoms with Crippen LogP contribution in [0.1, 0.15) is 32.3 Å². The van der Waals surface area contributed by atoms with E-state index in [4.69, 9.17) is 14.2 Å². The van der Waals surface area contributed by atoms with Gasteiger partial charge in [0, 0.05) is 19.2 Å². The molecule has 0 aromatic heterocycles. The Bertz CT molecular complexity index is 1150. The van der Waals surface area contributed by atoms with E-state index in [0.717, 1.165) is 29.0 Å². The van der Waals surface area contributed by atoms with Crippen molar-refractivity contribution >= 4 is 27.5 Å². The topological polar surface area (TPSA) is 114 Å². The van der Waals surface area contributed by atoms with Crippen LogP contribution in [0.5, 0.6) is 17.2 Å². The van der Waals surface area contributed by atoms with E-state index in [1.165, 1.54) is 25.2 Å². The van der Waals surface area contributed by atoms with Crippen LogP contribution >= 0.6 is 0 Å². The van der Waals surface area contributed by atoms with Crippen molar-refractivity contribution in [1.29, 1.82) is 0 Å². The number of methoxy groups -OCH3 is 3. The van der Waals surface area contributed by atoms with E-state index in [0.29, 0.717) is 18.0 Å². The molecule has 10 nitrogen and oxygen atoms in total. The molecule has 11 heteroatoms. The van der Waals surface area contributed by atoms with Crippen LogP contribution in [0.25, 0.3) is 0 Å². The maximum Gasteiger partial charge on any atom is 0.244 e. The lowest BCUT2D eigenvalue weighted by Crippen LogP contribution is -2.51. The lowest BCUT2D eigenvalue weighted by molar-refractivity contribution is -0.139. The molecule has 2 rings (SSSR count). The second kappa shape index (κ2) is 13.7. The van der Waals surface area contributed by atoms with Gasteiger partial charge in [-0.25, -0.2) is 8.42 Å². The number of rotatable bonds is 14. The fourth-order valence-corrected chi connectivity index (χ4v) is 4.48. The maximum absolute atomic E-state index is 13.7. The van der Waals surface area contributed by atoms with E-state index in [9.17, 15) is 18.0 Å². The second-order valence-corrected chi connectivity index (χ2v) is 10.4. The normalized spacial score (nSPS) is 11.8. The summed E-state index contributed by atoms with van der Waals surface area (Å²) in [6.45, 7) is 3.69. The van der Waals surface area contributed by atoms with Gasteiger partial charge in [0.25, 0.3) is 0 Å². The highest BCUT2D eigenvalue weighted by atomic mass is 32.2. The van der Waals surface area contributed by atoms with Gasteiger partial charge in [0.2, 0.25) is 21.8 Å². The first-order valence-corrected chi connectivity index (χ1v) is 13.8. The van der Waals surface area contributed by atoms with Gasteiger partial charge >= 0.3 is 0 Å². The molecule has 2 aromatic carbocycles. The van der Waals surface area contributed by atoms with Gasteiger partial charge in [-0.05, 0) is 43.2 Å². The van der Waals surface area contributed by atoms with Crippen molar-refractivity contribution in [2.75, 3.05) is 45.0 Å². The number of anilines is 1. The summed E-state index contributed by atoms with van der Waals surface area (Å²) in [4.78, 5) is 27.9. The second-order valence-electron chi connectivity index (χ2n) is 8.50. The molecule has 1 atom stereocenters. The first kappa shape index (κ1) is 29.8. The third-order valence-corrected chi connectivity index (χ3v) is 6.97. The van der Waals surface area contributed by atoms with Crippen molar-refractivity contribution in [3.8, 4) is 17.2 Å². The molecule has 0 spiro atoms. The molecule has 0 saturated carbocycles. The largest absolute Gasteiger partial charge is 0.497 e. The first-order chi connectivity index (χ1) is 17.5. The van der Waals surface area contributed by atoms with Crippen LogP contribution in [-0.4, -0.2) is 71.8 Å². The highest BCUT2D eigenvalue weighted by molar-refractivity contribution is 7.92. The summed E-state index contributed by atoms with van der Waals surface area (Å²) < 4.78 is 42.4. The molecule has 2 amide bonds. The minimum absolute atomic E-state index is 0.0953. The van der Waals surface area contributed by atoms with Gasteiger partial charge in [-0.1, -0.05) is 25.5 Å². The van der Waals surface area contributed by atoms with Crippen LogP contribution in [0.3, 0.4) is 0 Å². The van der Waals surface area contributed by atoms with Gasteiger partial charge in [-0.3, -0.25) is 13.9 Å². The zero-order valence-electron chi connectivity index (χ0n) is 22.3. The standard InChI is InChI=1S/C26H37N3O7S/c1-7-8-15-27-26(31)19(2)28(17-20-9-11-21(34-3)12-10-20)25(30)18-29(37(6,32)33)23-16-22(35-4)13-14-24(23)36-5/h9-14,16,19H,7-8,15,17-18H2,1-6H3,(H,27,31)/t19-/m0/s1. The summed E-state index contributed by atoms with van der Waals surface area (Å²) in [5.41, 5.74) is 0.911. The molecule has 1 N–H and O–H groups in total. The van der Waals surface area contributed by atoms with Crippen LogP contribution in [-0.2, 0) is 26.2 Å². The van der Waals surface area contributed by atoms with Crippen molar-refractivity contribution in [2.45, 2.75) is 39.3 Å². The highest BCUT2D eigenvalue weighted by Gasteiger charge is 2.31. The number of hydrogen-bond donors (Lipinski definition) is 1. The highest BCUT2D eigenvalue weighted by Crippen LogP contribution is 2.34.